The zero-order valence-corrected chi connectivity index (χ0v) is 22.7. The van der Waals surface area contributed by atoms with E-state index in [1.54, 1.807) is 6.07 Å². The largest absolute Gasteiger partial charge is 0.506 e. The summed E-state index contributed by atoms with van der Waals surface area (Å²) in [5.74, 6) is -0.211. The number of hydrogen-bond acceptors (Lipinski definition) is 6. The van der Waals surface area contributed by atoms with Gasteiger partial charge in [-0.05, 0) is 60.6 Å². The van der Waals surface area contributed by atoms with Crippen LogP contribution >= 0.6 is 0 Å². The normalized spacial score (nSPS) is 13.0. The minimum Gasteiger partial charge on any atom is -0.506 e. The number of aromatic hydroxyl groups is 1. The maximum Gasteiger partial charge on any atom is 0.229 e. The molecule has 0 bridgehead atoms. The molecule has 3 rings (SSSR count). The number of amides is 1. The molecule has 0 fully saturated rings. The Labute approximate surface area is 225 Å². The molecule has 0 saturated carbocycles. The first-order chi connectivity index (χ1) is 18.1. The minimum absolute atomic E-state index is 0.00290. The molecular formula is C29H37N3O5S. The van der Waals surface area contributed by atoms with Crippen molar-refractivity contribution in [2.75, 3.05) is 24.1 Å². The predicted octanol–water partition coefficient (Wildman–Crippen LogP) is 3.31. The van der Waals surface area contributed by atoms with Crippen molar-refractivity contribution in [1.29, 1.82) is 0 Å². The summed E-state index contributed by atoms with van der Waals surface area (Å²) in [5.41, 5.74) is 3.80. The Morgan fingerprint density at radius 1 is 0.947 bits per heavy atom. The summed E-state index contributed by atoms with van der Waals surface area (Å²) in [6, 6.07) is 22.5. The van der Waals surface area contributed by atoms with E-state index in [2.05, 4.69) is 27.5 Å². The first kappa shape index (κ1) is 29.2. The number of phenolic OH excluding ortho intramolecular Hbond substituents is 1. The summed E-state index contributed by atoms with van der Waals surface area (Å²) in [6.07, 6.45) is 2.95. The number of nitrogens with one attached hydrogen (secondary N) is 3. The highest BCUT2D eigenvalue weighted by atomic mass is 32.2. The molecule has 9 heteroatoms. The molecule has 0 radical (unpaired) electrons. The second-order valence-electron chi connectivity index (χ2n) is 9.62. The van der Waals surface area contributed by atoms with Crippen LogP contribution in [-0.2, 0) is 34.1 Å². The molecule has 3 aromatic carbocycles. The van der Waals surface area contributed by atoms with E-state index in [-0.39, 0.29) is 29.9 Å². The number of aliphatic hydroxyl groups is 1. The van der Waals surface area contributed by atoms with Gasteiger partial charge in [-0.15, -0.1) is 0 Å². The number of phenols is 1. The highest BCUT2D eigenvalue weighted by Crippen LogP contribution is 2.27. The lowest BCUT2D eigenvalue weighted by atomic mass is 10.0. The number of carbonyl (C=O) groups excluding carboxylic acids is 1. The van der Waals surface area contributed by atoms with Crippen molar-refractivity contribution < 1.29 is 23.4 Å². The number of aryl methyl sites for hydroxylation is 1. The maximum absolute atomic E-state index is 12.4. The van der Waals surface area contributed by atoms with E-state index in [4.69, 9.17) is 0 Å². The molecule has 0 unspecified atom stereocenters. The van der Waals surface area contributed by atoms with Crippen LogP contribution in [0.4, 0.5) is 5.69 Å². The van der Waals surface area contributed by atoms with Crippen LogP contribution in [-0.4, -0.2) is 49.9 Å². The van der Waals surface area contributed by atoms with Crippen molar-refractivity contribution in [3.63, 3.8) is 0 Å². The lowest BCUT2D eigenvalue weighted by Gasteiger charge is -2.19. The van der Waals surface area contributed by atoms with Gasteiger partial charge in [-0.2, -0.15) is 0 Å². The predicted molar refractivity (Wildman–Crippen MR) is 151 cm³/mol. The molecule has 204 valence electrons. The summed E-state index contributed by atoms with van der Waals surface area (Å²) >= 11 is 0. The van der Waals surface area contributed by atoms with Gasteiger partial charge in [0.25, 0.3) is 0 Å². The van der Waals surface area contributed by atoms with Crippen LogP contribution in [0.2, 0.25) is 0 Å². The molecule has 3 aromatic rings. The van der Waals surface area contributed by atoms with Gasteiger partial charge in [0.1, 0.15) is 5.75 Å². The Bertz CT molecular complexity index is 1300. The van der Waals surface area contributed by atoms with Crippen LogP contribution in [0.1, 0.15) is 41.7 Å². The summed E-state index contributed by atoms with van der Waals surface area (Å²) in [4.78, 5) is 12.4. The first-order valence-electron chi connectivity index (χ1n) is 12.7. The van der Waals surface area contributed by atoms with Crippen LogP contribution in [0.5, 0.6) is 5.75 Å². The molecule has 38 heavy (non-hydrogen) atoms. The van der Waals surface area contributed by atoms with Crippen LogP contribution in [0, 0.1) is 0 Å². The molecule has 8 nitrogen and oxygen atoms in total. The number of hydrogen-bond donors (Lipinski definition) is 5. The summed E-state index contributed by atoms with van der Waals surface area (Å²) in [6.45, 7) is 2.89. The molecule has 0 aliphatic carbocycles. The Balaban J connectivity index is 1.44. The van der Waals surface area contributed by atoms with Gasteiger partial charge >= 0.3 is 0 Å². The Morgan fingerprint density at radius 3 is 2.39 bits per heavy atom. The number of aliphatic hydroxyl groups excluding tert-OH is 1. The molecule has 0 heterocycles. The van der Waals surface area contributed by atoms with Gasteiger partial charge in [-0.1, -0.05) is 60.7 Å². The van der Waals surface area contributed by atoms with E-state index in [0.717, 1.165) is 30.2 Å². The van der Waals surface area contributed by atoms with Gasteiger partial charge in [0.05, 0.1) is 24.5 Å². The fourth-order valence-electron chi connectivity index (χ4n) is 4.18. The van der Waals surface area contributed by atoms with Crippen molar-refractivity contribution in [3.8, 4) is 5.75 Å². The van der Waals surface area contributed by atoms with Gasteiger partial charge < -0.3 is 20.8 Å². The summed E-state index contributed by atoms with van der Waals surface area (Å²) in [5, 5.41) is 26.8. The Hall–Kier alpha value is -3.40. The third-order valence-electron chi connectivity index (χ3n) is 6.07. The fourth-order valence-corrected chi connectivity index (χ4v) is 4.74. The van der Waals surface area contributed by atoms with E-state index in [1.165, 1.54) is 17.7 Å². The average Bonchev–Trinajstić information content (AvgIpc) is 2.86. The van der Waals surface area contributed by atoms with E-state index in [0.29, 0.717) is 24.9 Å². The third-order valence-corrected chi connectivity index (χ3v) is 6.66. The topological polar surface area (TPSA) is 128 Å². The van der Waals surface area contributed by atoms with Crippen molar-refractivity contribution in [2.24, 2.45) is 0 Å². The van der Waals surface area contributed by atoms with Gasteiger partial charge in [0.2, 0.25) is 15.9 Å². The standard InChI is InChI=1S/C29H37N3O5S/c1-21(31-20-28(34)25-13-14-27(33)26(19-25)32-38(2,36)37)16-23-10-6-11-24(17-23)18-29(35)30-15-7-12-22-8-4-3-5-9-22/h3-6,8-11,13-14,17,19,21,28,31-34H,7,12,15-16,18,20H2,1-2H3,(H,30,35)/t21-,28+/m1/s1. The highest BCUT2D eigenvalue weighted by Gasteiger charge is 2.14. The number of rotatable bonds is 14. The van der Waals surface area contributed by atoms with Crippen LogP contribution in [0.25, 0.3) is 0 Å². The molecule has 1 amide bonds. The average molecular weight is 540 g/mol. The highest BCUT2D eigenvalue weighted by molar-refractivity contribution is 7.92. The van der Waals surface area contributed by atoms with Gasteiger partial charge in [-0.25, -0.2) is 8.42 Å². The number of carbonyl (C=O) groups is 1. The Morgan fingerprint density at radius 2 is 1.66 bits per heavy atom. The van der Waals surface area contributed by atoms with E-state index < -0.39 is 16.1 Å². The van der Waals surface area contributed by atoms with Crippen LogP contribution in [0.3, 0.4) is 0 Å². The SMILES string of the molecule is C[C@H](Cc1cccc(CC(=O)NCCCc2ccccc2)c1)NC[C@H](O)c1ccc(O)c(NS(C)(=O)=O)c1. The van der Waals surface area contributed by atoms with Crippen molar-refractivity contribution >= 4 is 21.6 Å². The summed E-state index contributed by atoms with van der Waals surface area (Å²) in [7, 11) is -3.56. The van der Waals surface area contributed by atoms with Crippen LogP contribution < -0.4 is 15.4 Å². The number of sulfonamides is 1. The van der Waals surface area contributed by atoms with Gasteiger partial charge in [0.15, 0.2) is 0 Å². The van der Waals surface area contributed by atoms with Crippen LogP contribution in [0.15, 0.2) is 72.8 Å². The Kier molecular flexibility index (Phi) is 10.7. The molecule has 0 saturated heterocycles. The van der Waals surface area contributed by atoms with Gasteiger partial charge in [0, 0.05) is 19.1 Å². The summed E-state index contributed by atoms with van der Waals surface area (Å²) < 4.78 is 25.2. The molecule has 0 aliphatic rings. The van der Waals surface area contributed by atoms with Crippen molar-refractivity contribution in [2.45, 2.75) is 44.8 Å². The lowest BCUT2D eigenvalue weighted by Crippen LogP contribution is -2.32. The molecule has 2 atom stereocenters. The maximum atomic E-state index is 12.4. The van der Waals surface area contributed by atoms with Gasteiger partial charge in [-0.3, -0.25) is 9.52 Å². The molecular weight excluding hydrogens is 502 g/mol. The van der Waals surface area contributed by atoms with Crippen molar-refractivity contribution in [1.82, 2.24) is 10.6 Å². The monoisotopic (exact) mass is 539 g/mol. The minimum atomic E-state index is -3.56. The van der Waals surface area contributed by atoms with E-state index in [1.807, 2.05) is 49.4 Å². The molecule has 0 aromatic heterocycles. The molecule has 0 spiro atoms. The quantitative estimate of drug-likeness (QED) is 0.158. The van der Waals surface area contributed by atoms with E-state index in [9.17, 15) is 23.4 Å². The second kappa shape index (κ2) is 13.9. The number of anilines is 1. The first-order valence-corrected chi connectivity index (χ1v) is 14.6. The molecule has 5 N–H and O–H groups in total. The smallest absolute Gasteiger partial charge is 0.229 e. The second-order valence-corrected chi connectivity index (χ2v) is 11.4. The zero-order valence-electron chi connectivity index (χ0n) is 21.9. The number of benzene rings is 3. The third kappa shape index (κ3) is 10.2. The zero-order chi connectivity index (χ0) is 27.5. The van der Waals surface area contributed by atoms with E-state index >= 15 is 0 Å². The fraction of sp³-hybridized carbons (Fsp3) is 0.345. The lowest BCUT2D eigenvalue weighted by molar-refractivity contribution is -0.120. The van der Waals surface area contributed by atoms with Crippen molar-refractivity contribution in [3.05, 3.63) is 95.1 Å². The molecule has 0 aliphatic heterocycles.